The zero-order valence-electron chi connectivity index (χ0n) is 10.3. The van der Waals surface area contributed by atoms with Gasteiger partial charge in [0.15, 0.2) is 0 Å². The van der Waals surface area contributed by atoms with Gasteiger partial charge in [0.05, 0.1) is 12.7 Å². The highest BCUT2D eigenvalue weighted by Crippen LogP contribution is 2.30. The summed E-state index contributed by atoms with van der Waals surface area (Å²) in [6, 6.07) is 5.27. The highest BCUT2D eigenvalue weighted by molar-refractivity contribution is 6.00. The Kier molecular flexibility index (Phi) is 3.70. The third kappa shape index (κ3) is 3.04. The van der Waals surface area contributed by atoms with E-state index in [2.05, 4.69) is 5.32 Å². The van der Waals surface area contributed by atoms with Gasteiger partial charge in [0, 0.05) is 11.6 Å². The van der Waals surface area contributed by atoms with Crippen LogP contribution in [0.3, 0.4) is 0 Å². The number of carboxylic acids is 1. The molecule has 1 aromatic carbocycles. The van der Waals surface area contributed by atoms with Crippen molar-refractivity contribution >= 4 is 18.0 Å². The Morgan fingerprint density at radius 3 is 2.95 bits per heavy atom. The van der Waals surface area contributed by atoms with Crippen molar-refractivity contribution in [1.82, 2.24) is 5.32 Å². The van der Waals surface area contributed by atoms with Crippen molar-refractivity contribution in [3.63, 3.8) is 0 Å². The van der Waals surface area contributed by atoms with Gasteiger partial charge < -0.3 is 19.9 Å². The molecule has 0 aliphatic carbocycles. The van der Waals surface area contributed by atoms with Gasteiger partial charge in [0.25, 0.3) is 5.91 Å². The van der Waals surface area contributed by atoms with Gasteiger partial charge in [0.1, 0.15) is 24.7 Å². The molecule has 0 saturated heterocycles. The van der Waals surface area contributed by atoms with Gasteiger partial charge in [-0.2, -0.15) is 0 Å². The molecule has 1 heterocycles. The first-order valence-corrected chi connectivity index (χ1v) is 5.61. The fourth-order valence-corrected chi connectivity index (χ4v) is 1.67. The van der Waals surface area contributed by atoms with Gasteiger partial charge in [-0.3, -0.25) is 9.59 Å². The second-order valence-electron chi connectivity index (χ2n) is 3.94. The third-order valence-electron chi connectivity index (χ3n) is 2.63. The Bertz CT molecular complexity index is 550. The van der Waals surface area contributed by atoms with Crippen LogP contribution in [0.4, 0.5) is 0 Å². The fraction of sp³-hybridized carbons (Fsp3) is 0.231. The molecular weight excluding hydrogens is 250 g/mol. The van der Waals surface area contributed by atoms with E-state index in [1.807, 2.05) is 0 Å². The molecule has 1 aliphatic heterocycles. The van der Waals surface area contributed by atoms with Crippen LogP contribution >= 0.6 is 0 Å². The Morgan fingerprint density at radius 1 is 1.47 bits per heavy atom. The summed E-state index contributed by atoms with van der Waals surface area (Å²) in [4.78, 5) is 22.1. The lowest BCUT2D eigenvalue weighted by Gasteiger charge is -2.18. The minimum absolute atomic E-state index is 0.103. The third-order valence-corrected chi connectivity index (χ3v) is 2.63. The van der Waals surface area contributed by atoms with Crippen molar-refractivity contribution in [3.05, 3.63) is 29.3 Å². The van der Waals surface area contributed by atoms with E-state index in [1.165, 1.54) is 0 Å². The van der Waals surface area contributed by atoms with Crippen LogP contribution in [0.5, 0.6) is 11.5 Å². The lowest BCUT2D eigenvalue weighted by Crippen LogP contribution is -2.32. The molecule has 0 unspecified atom stereocenters. The van der Waals surface area contributed by atoms with Crippen molar-refractivity contribution in [3.8, 4) is 11.5 Å². The average molecular weight is 263 g/mol. The molecule has 1 aliphatic rings. The zero-order valence-corrected chi connectivity index (χ0v) is 10.3. The molecule has 6 heteroatoms. The highest BCUT2D eigenvalue weighted by Gasteiger charge is 2.18. The first-order chi connectivity index (χ1) is 9.10. The minimum Gasteiger partial charge on any atom is -0.497 e. The summed E-state index contributed by atoms with van der Waals surface area (Å²) in [5.41, 5.74) is 1.14. The quantitative estimate of drug-likeness (QED) is 0.834. The average Bonchev–Trinajstić information content (AvgIpc) is 2.43. The maximum atomic E-state index is 11.7. The van der Waals surface area contributed by atoms with Crippen LogP contribution in [0, 0.1) is 0 Å². The number of aliphatic carboxylic acids is 1. The van der Waals surface area contributed by atoms with Crippen LogP contribution in [-0.2, 0) is 9.59 Å². The van der Waals surface area contributed by atoms with E-state index in [0.717, 1.165) is 5.56 Å². The molecule has 0 radical (unpaired) electrons. The van der Waals surface area contributed by atoms with Crippen molar-refractivity contribution < 1.29 is 24.2 Å². The van der Waals surface area contributed by atoms with E-state index in [9.17, 15) is 9.59 Å². The number of carboxylic acid groups (broad SMARTS) is 1. The van der Waals surface area contributed by atoms with Crippen LogP contribution in [-0.4, -0.2) is 37.2 Å². The van der Waals surface area contributed by atoms with Crippen LogP contribution in [0.15, 0.2) is 23.8 Å². The number of benzene rings is 1. The molecular formula is C13H13NO5. The summed E-state index contributed by atoms with van der Waals surface area (Å²) in [5.74, 6) is -0.222. The van der Waals surface area contributed by atoms with Gasteiger partial charge in [0.2, 0.25) is 0 Å². The minimum atomic E-state index is -1.09. The second-order valence-corrected chi connectivity index (χ2v) is 3.94. The maximum absolute atomic E-state index is 11.7. The highest BCUT2D eigenvalue weighted by atomic mass is 16.5. The van der Waals surface area contributed by atoms with E-state index in [0.29, 0.717) is 17.1 Å². The van der Waals surface area contributed by atoms with Crippen LogP contribution in [0.25, 0.3) is 6.08 Å². The van der Waals surface area contributed by atoms with Crippen molar-refractivity contribution in [2.45, 2.75) is 0 Å². The normalized spacial score (nSPS) is 12.8. The summed E-state index contributed by atoms with van der Waals surface area (Å²) in [5, 5.41) is 10.8. The summed E-state index contributed by atoms with van der Waals surface area (Å²) >= 11 is 0. The standard InChI is InChI=1S/C13H13NO5/c1-18-10-3-2-8-4-9(7-19-11(8)5-10)13(17)14-6-12(15)16/h2-5H,6-7H2,1H3,(H,14,17)(H,15,16). The van der Waals surface area contributed by atoms with Gasteiger partial charge >= 0.3 is 5.97 Å². The van der Waals surface area contributed by atoms with Crippen LogP contribution in [0.1, 0.15) is 5.56 Å². The van der Waals surface area contributed by atoms with E-state index in [-0.39, 0.29) is 6.61 Å². The predicted molar refractivity (Wildman–Crippen MR) is 67.1 cm³/mol. The van der Waals surface area contributed by atoms with E-state index < -0.39 is 18.4 Å². The predicted octanol–water partition coefficient (Wildman–Crippen LogP) is 0.672. The Balaban J connectivity index is 2.14. The number of amides is 1. The number of rotatable bonds is 4. The summed E-state index contributed by atoms with van der Waals surface area (Å²) in [7, 11) is 1.56. The maximum Gasteiger partial charge on any atom is 0.322 e. The molecule has 0 spiro atoms. The monoisotopic (exact) mass is 263 g/mol. The second kappa shape index (κ2) is 5.43. The first kappa shape index (κ1) is 12.9. The van der Waals surface area contributed by atoms with Crippen LogP contribution in [0.2, 0.25) is 0 Å². The summed E-state index contributed by atoms with van der Waals surface area (Å²) in [6.45, 7) is -0.308. The number of hydrogen-bond acceptors (Lipinski definition) is 4. The number of carbonyl (C=O) groups excluding carboxylic acids is 1. The zero-order chi connectivity index (χ0) is 13.8. The molecule has 100 valence electrons. The van der Waals surface area contributed by atoms with E-state index >= 15 is 0 Å². The first-order valence-electron chi connectivity index (χ1n) is 5.61. The molecule has 0 saturated carbocycles. The number of ether oxygens (including phenoxy) is 2. The van der Waals surface area contributed by atoms with Gasteiger partial charge in [-0.05, 0) is 18.2 Å². The Morgan fingerprint density at radius 2 is 2.26 bits per heavy atom. The topological polar surface area (TPSA) is 84.9 Å². The van der Waals surface area contributed by atoms with Crippen molar-refractivity contribution in [2.24, 2.45) is 0 Å². The molecule has 2 rings (SSSR count). The summed E-state index contributed by atoms with van der Waals surface area (Å²) < 4.78 is 10.5. The molecule has 0 fully saturated rings. The lowest BCUT2D eigenvalue weighted by atomic mass is 10.1. The Labute approximate surface area is 109 Å². The molecule has 2 N–H and O–H groups in total. The largest absolute Gasteiger partial charge is 0.497 e. The molecule has 0 bridgehead atoms. The molecule has 0 aromatic heterocycles. The number of nitrogens with one attached hydrogen (secondary N) is 1. The number of methoxy groups -OCH3 is 1. The van der Waals surface area contributed by atoms with E-state index in [4.69, 9.17) is 14.6 Å². The Hall–Kier alpha value is -2.50. The van der Waals surface area contributed by atoms with Crippen LogP contribution < -0.4 is 14.8 Å². The van der Waals surface area contributed by atoms with Gasteiger partial charge in [-0.1, -0.05) is 0 Å². The smallest absolute Gasteiger partial charge is 0.322 e. The molecule has 19 heavy (non-hydrogen) atoms. The van der Waals surface area contributed by atoms with Gasteiger partial charge in [-0.25, -0.2) is 0 Å². The van der Waals surface area contributed by atoms with E-state index in [1.54, 1.807) is 31.4 Å². The molecule has 6 nitrogen and oxygen atoms in total. The summed E-state index contributed by atoms with van der Waals surface area (Å²) in [6.07, 6.45) is 1.68. The fourth-order valence-electron chi connectivity index (χ4n) is 1.67. The molecule has 1 amide bonds. The lowest BCUT2D eigenvalue weighted by molar-refractivity contribution is -0.137. The SMILES string of the molecule is COc1ccc2c(c1)OCC(C(=O)NCC(=O)O)=C2. The number of fused-ring (bicyclic) bond motifs is 1. The number of carbonyl (C=O) groups is 2. The number of hydrogen-bond donors (Lipinski definition) is 2. The molecule has 1 aromatic rings. The van der Waals surface area contributed by atoms with Crippen molar-refractivity contribution in [2.75, 3.05) is 20.3 Å². The van der Waals surface area contributed by atoms with Gasteiger partial charge in [-0.15, -0.1) is 0 Å². The van der Waals surface area contributed by atoms with Crippen molar-refractivity contribution in [1.29, 1.82) is 0 Å². The molecule has 0 atom stereocenters.